The number of phenols is 1. The van der Waals surface area contributed by atoms with Gasteiger partial charge < -0.3 is 10.4 Å². The van der Waals surface area contributed by atoms with Gasteiger partial charge in [-0.3, -0.25) is 14.7 Å². The summed E-state index contributed by atoms with van der Waals surface area (Å²) in [6, 6.07) is 22.7. The molecule has 6 heteroatoms. The molecule has 2 aliphatic rings. The highest BCUT2D eigenvalue weighted by molar-refractivity contribution is 6.06. The summed E-state index contributed by atoms with van der Waals surface area (Å²) >= 11 is 0. The van der Waals surface area contributed by atoms with Crippen LogP contribution in [0.4, 0.5) is 4.39 Å². The van der Waals surface area contributed by atoms with E-state index in [4.69, 9.17) is 4.99 Å². The zero-order chi connectivity index (χ0) is 22.1. The van der Waals surface area contributed by atoms with Gasteiger partial charge in [0.15, 0.2) is 0 Å². The number of nitrogens with one attached hydrogen (secondary N) is 1. The highest BCUT2D eigenvalue weighted by atomic mass is 19.1. The number of aromatic hydroxyl groups is 1. The lowest BCUT2D eigenvalue weighted by molar-refractivity contribution is -0.127. The van der Waals surface area contributed by atoms with Crippen LogP contribution in [0.2, 0.25) is 0 Å². The summed E-state index contributed by atoms with van der Waals surface area (Å²) in [5, 5.41) is 12.9. The van der Waals surface area contributed by atoms with Gasteiger partial charge in [0.2, 0.25) is 0 Å². The molecule has 1 fully saturated rings. The van der Waals surface area contributed by atoms with Gasteiger partial charge in [0, 0.05) is 12.8 Å². The van der Waals surface area contributed by atoms with Crippen molar-refractivity contribution >= 4 is 11.6 Å². The van der Waals surface area contributed by atoms with Crippen molar-refractivity contribution in [2.75, 3.05) is 6.54 Å². The molecule has 1 unspecified atom stereocenters. The normalized spacial score (nSPS) is 17.8. The molecule has 32 heavy (non-hydrogen) atoms. The van der Waals surface area contributed by atoms with Gasteiger partial charge in [-0.2, -0.15) is 0 Å². The quantitative estimate of drug-likeness (QED) is 0.651. The third kappa shape index (κ3) is 3.99. The van der Waals surface area contributed by atoms with E-state index in [1.54, 1.807) is 29.2 Å². The van der Waals surface area contributed by atoms with Crippen LogP contribution in [-0.4, -0.2) is 34.2 Å². The summed E-state index contributed by atoms with van der Waals surface area (Å²) in [4.78, 5) is 19.9. The van der Waals surface area contributed by atoms with Gasteiger partial charge in [0.1, 0.15) is 23.4 Å². The van der Waals surface area contributed by atoms with Crippen LogP contribution in [0, 0.1) is 5.82 Å². The lowest BCUT2D eigenvalue weighted by atomic mass is 10.0. The number of allylic oxidation sites excluding steroid dienone is 1. The second-order valence-corrected chi connectivity index (χ2v) is 8.01. The van der Waals surface area contributed by atoms with Crippen LogP contribution in [-0.2, 0) is 17.6 Å². The molecule has 1 saturated heterocycles. The Bertz CT molecular complexity index is 1200. The summed E-state index contributed by atoms with van der Waals surface area (Å²) in [7, 11) is 0. The summed E-state index contributed by atoms with van der Waals surface area (Å²) < 4.78 is 13.4. The van der Waals surface area contributed by atoms with E-state index in [-0.39, 0.29) is 17.5 Å². The zero-order valence-electron chi connectivity index (χ0n) is 17.3. The minimum atomic E-state index is -0.414. The SMILES string of the molecule is O=C1C(Cc2ccc(O)cc2)NC2=C(Cc3ccccc3)N=C(c3ccc(F)cc3)CN12. The zero-order valence-corrected chi connectivity index (χ0v) is 17.3. The number of hydrogen-bond donors (Lipinski definition) is 2. The van der Waals surface area contributed by atoms with Crippen molar-refractivity contribution in [1.29, 1.82) is 0 Å². The minimum Gasteiger partial charge on any atom is -0.508 e. The monoisotopic (exact) mass is 427 g/mol. The number of benzene rings is 3. The molecule has 160 valence electrons. The van der Waals surface area contributed by atoms with Gasteiger partial charge in [-0.1, -0.05) is 54.6 Å². The first-order valence-electron chi connectivity index (χ1n) is 10.5. The smallest absolute Gasteiger partial charge is 0.251 e. The van der Waals surface area contributed by atoms with Gasteiger partial charge in [-0.05, 0) is 41.0 Å². The molecule has 0 saturated carbocycles. The molecule has 1 amide bonds. The predicted octanol–water partition coefficient (Wildman–Crippen LogP) is 3.79. The van der Waals surface area contributed by atoms with E-state index in [2.05, 4.69) is 5.32 Å². The van der Waals surface area contributed by atoms with E-state index in [0.717, 1.165) is 33.9 Å². The average molecular weight is 427 g/mol. The van der Waals surface area contributed by atoms with Gasteiger partial charge in [-0.25, -0.2) is 4.39 Å². The Hall–Kier alpha value is -3.93. The Balaban J connectivity index is 1.48. The second-order valence-electron chi connectivity index (χ2n) is 8.01. The fourth-order valence-electron chi connectivity index (χ4n) is 4.12. The first-order valence-corrected chi connectivity index (χ1v) is 10.5. The largest absolute Gasteiger partial charge is 0.508 e. The number of aliphatic imine (C=N–C) groups is 1. The summed E-state index contributed by atoms with van der Waals surface area (Å²) in [5.74, 6) is 0.600. The highest BCUT2D eigenvalue weighted by Gasteiger charge is 2.39. The Morgan fingerprint density at radius 2 is 1.69 bits per heavy atom. The maximum atomic E-state index is 13.4. The maximum Gasteiger partial charge on any atom is 0.251 e. The third-order valence-electron chi connectivity index (χ3n) is 5.76. The Labute approximate surface area is 185 Å². The van der Waals surface area contributed by atoms with Crippen molar-refractivity contribution < 1.29 is 14.3 Å². The average Bonchev–Trinajstić information content (AvgIpc) is 3.12. The molecule has 2 N–H and O–H groups in total. The molecule has 0 aliphatic carbocycles. The van der Waals surface area contributed by atoms with Gasteiger partial charge in [-0.15, -0.1) is 0 Å². The second kappa shape index (κ2) is 8.30. The first-order chi connectivity index (χ1) is 15.6. The van der Waals surface area contributed by atoms with E-state index in [0.29, 0.717) is 19.4 Å². The van der Waals surface area contributed by atoms with Crippen LogP contribution < -0.4 is 5.32 Å². The molecule has 2 aliphatic heterocycles. The molecule has 1 atom stereocenters. The number of halogens is 1. The third-order valence-corrected chi connectivity index (χ3v) is 5.76. The van der Waals surface area contributed by atoms with Gasteiger partial charge >= 0.3 is 0 Å². The first kappa shape index (κ1) is 20.0. The van der Waals surface area contributed by atoms with Crippen LogP contribution in [0.5, 0.6) is 5.75 Å². The molecule has 5 rings (SSSR count). The molecule has 0 radical (unpaired) electrons. The van der Waals surface area contributed by atoms with Crippen molar-refractivity contribution in [3.8, 4) is 5.75 Å². The van der Waals surface area contributed by atoms with Crippen LogP contribution in [0.1, 0.15) is 16.7 Å². The maximum absolute atomic E-state index is 13.4. The highest BCUT2D eigenvalue weighted by Crippen LogP contribution is 2.28. The van der Waals surface area contributed by atoms with E-state index in [9.17, 15) is 14.3 Å². The molecule has 0 bridgehead atoms. The molecular weight excluding hydrogens is 405 g/mol. The van der Waals surface area contributed by atoms with Crippen molar-refractivity contribution in [1.82, 2.24) is 10.2 Å². The van der Waals surface area contributed by atoms with E-state index >= 15 is 0 Å². The van der Waals surface area contributed by atoms with Crippen molar-refractivity contribution in [3.63, 3.8) is 0 Å². The van der Waals surface area contributed by atoms with Gasteiger partial charge in [0.05, 0.1) is 18.0 Å². The van der Waals surface area contributed by atoms with Crippen LogP contribution in [0.3, 0.4) is 0 Å². The number of fused-ring (bicyclic) bond motifs is 1. The Kier molecular flexibility index (Phi) is 5.19. The standard InChI is InChI=1S/C26H22FN3O2/c27-20-10-8-19(9-11-20)24-16-30-25(22(28-24)14-17-4-2-1-3-5-17)29-23(26(30)32)15-18-6-12-21(31)13-7-18/h1-13,23,29,31H,14-16H2. The minimum absolute atomic E-state index is 0.0202. The summed E-state index contributed by atoms with van der Waals surface area (Å²) in [5.41, 5.74) is 4.36. The van der Waals surface area contributed by atoms with Crippen molar-refractivity contribution in [2.45, 2.75) is 18.9 Å². The summed E-state index contributed by atoms with van der Waals surface area (Å²) in [6.07, 6.45) is 1.08. The number of rotatable bonds is 5. The lowest BCUT2D eigenvalue weighted by Crippen LogP contribution is -2.36. The lowest BCUT2D eigenvalue weighted by Gasteiger charge is -2.25. The molecule has 0 spiro atoms. The van der Waals surface area contributed by atoms with Gasteiger partial charge in [0.25, 0.3) is 5.91 Å². The Morgan fingerprint density at radius 3 is 2.41 bits per heavy atom. The number of carbonyl (C=O) groups is 1. The summed E-state index contributed by atoms with van der Waals surface area (Å²) in [6.45, 7) is 0.331. The number of nitrogens with zero attached hydrogens (tertiary/aromatic N) is 2. The van der Waals surface area contributed by atoms with Crippen LogP contribution >= 0.6 is 0 Å². The molecule has 0 aromatic heterocycles. The van der Waals surface area contributed by atoms with Crippen LogP contribution in [0.25, 0.3) is 0 Å². The van der Waals surface area contributed by atoms with E-state index in [1.165, 1.54) is 12.1 Å². The fourth-order valence-corrected chi connectivity index (χ4v) is 4.12. The number of carbonyl (C=O) groups excluding carboxylic acids is 1. The number of amides is 1. The molecule has 2 heterocycles. The Morgan fingerprint density at radius 1 is 0.969 bits per heavy atom. The molecular formula is C26H22FN3O2. The van der Waals surface area contributed by atoms with Crippen LogP contribution in [0.15, 0.2) is 95.4 Å². The van der Waals surface area contributed by atoms with Crippen molar-refractivity contribution in [2.24, 2.45) is 4.99 Å². The van der Waals surface area contributed by atoms with Crippen molar-refractivity contribution in [3.05, 3.63) is 113 Å². The van der Waals surface area contributed by atoms with E-state index < -0.39 is 6.04 Å². The molecule has 3 aromatic carbocycles. The van der Waals surface area contributed by atoms with E-state index in [1.807, 2.05) is 42.5 Å². The molecule has 3 aromatic rings. The fraction of sp³-hybridized carbons (Fsp3) is 0.154. The number of hydrogen-bond acceptors (Lipinski definition) is 4. The topological polar surface area (TPSA) is 64.9 Å². The molecule has 5 nitrogen and oxygen atoms in total. The predicted molar refractivity (Wildman–Crippen MR) is 121 cm³/mol. The number of phenolic OH excluding ortho intramolecular Hbond substituents is 1.